The van der Waals surface area contributed by atoms with Crippen molar-refractivity contribution >= 4 is 45.8 Å². The minimum absolute atomic E-state index is 0.0212. The number of benzene rings is 1. The summed E-state index contributed by atoms with van der Waals surface area (Å²) < 4.78 is 1.06. The topological polar surface area (TPSA) is 20.3 Å². The van der Waals surface area contributed by atoms with Crippen molar-refractivity contribution in [1.82, 2.24) is 4.90 Å². The van der Waals surface area contributed by atoms with Gasteiger partial charge in [-0.1, -0.05) is 0 Å². The van der Waals surface area contributed by atoms with Crippen LogP contribution in [-0.2, 0) is 6.54 Å². The van der Waals surface area contributed by atoms with Crippen LogP contribution in [0, 0.1) is 0 Å². The molecule has 1 aromatic carbocycles. The smallest absolute Gasteiger partial charge is 0.253 e. The molecule has 0 saturated heterocycles. The van der Waals surface area contributed by atoms with E-state index < -0.39 is 0 Å². The third-order valence-electron chi connectivity index (χ3n) is 2.48. The van der Waals surface area contributed by atoms with Gasteiger partial charge in [0, 0.05) is 32.2 Å². The van der Waals surface area contributed by atoms with Crippen molar-refractivity contribution in [2.45, 2.75) is 11.4 Å². The van der Waals surface area contributed by atoms with Crippen LogP contribution in [0.15, 0.2) is 45.1 Å². The summed E-state index contributed by atoms with van der Waals surface area (Å²) in [5.74, 6) is 0.0212. The van der Waals surface area contributed by atoms with Crippen molar-refractivity contribution in [2.75, 3.05) is 7.05 Å². The van der Waals surface area contributed by atoms with Crippen molar-refractivity contribution in [2.24, 2.45) is 0 Å². The minimum atomic E-state index is 0.0212. The average molecular weight is 342 g/mol. The Labute approximate surface area is 124 Å². The predicted octanol–water partition coefficient (Wildman–Crippen LogP) is 4.07. The zero-order valence-corrected chi connectivity index (χ0v) is 13.1. The van der Waals surface area contributed by atoms with Gasteiger partial charge in [-0.25, -0.2) is 0 Å². The molecule has 94 valence electrons. The Hall–Kier alpha value is -0.780. The standard InChI is InChI=1S/C13H12BrNOS2/c1-15(7-12-6-10(14)8-18-12)13(16)9-2-4-11(17)5-3-9/h2-6,8,17H,7H2,1H3. The third-order valence-corrected chi connectivity index (χ3v) is 4.46. The number of thiophene rings is 1. The molecule has 2 rings (SSSR count). The van der Waals surface area contributed by atoms with E-state index in [1.165, 1.54) is 0 Å². The lowest BCUT2D eigenvalue weighted by atomic mass is 10.2. The van der Waals surface area contributed by atoms with E-state index in [2.05, 4.69) is 28.6 Å². The molecular formula is C13H12BrNOS2. The highest BCUT2D eigenvalue weighted by Gasteiger charge is 2.12. The van der Waals surface area contributed by atoms with Gasteiger partial charge in [-0.05, 0) is 46.3 Å². The van der Waals surface area contributed by atoms with Crippen molar-refractivity contribution in [3.05, 3.63) is 50.6 Å². The fourth-order valence-electron chi connectivity index (χ4n) is 1.57. The van der Waals surface area contributed by atoms with E-state index >= 15 is 0 Å². The van der Waals surface area contributed by atoms with Crippen LogP contribution in [0.2, 0.25) is 0 Å². The van der Waals surface area contributed by atoms with Crippen molar-refractivity contribution in [3.8, 4) is 0 Å². The van der Waals surface area contributed by atoms with Gasteiger partial charge in [-0.2, -0.15) is 0 Å². The summed E-state index contributed by atoms with van der Waals surface area (Å²) in [6, 6.07) is 9.28. The first-order valence-electron chi connectivity index (χ1n) is 5.33. The largest absolute Gasteiger partial charge is 0.337 e. The molecule has 0 aliphatic carbocycles. The van der Waals surface area contributed by atoms with E-state index in [4.69, 9.17) is 0 Å². The number of amides is 1. The highest BCUT2D eigenvalue weighted by Crippen LogP contribution is 2.21. The molecule has 0 unspecified atom stereocenters. The number of thiol groups is 1. The molecule has 1 heterocycles. The van der Waals surface area contributed by atoms with Gasteiger partial charge in [0.15, 0.2) is 0 Å². The average Bonchev–Trinajstić information content (AvgIpc) is 2.75. The van der Waals surface area contributed by atoms with E-state index in [-0.39, 0.29) is 5.91 Å². The second-order valence-electron chi connectivity index (χ2n) is 3.94. The molecule has 0 atom stereocenters. The molecule has 1 aromatic heterocycles. The van der Waals surface area contributed by atoms with Gasteiger partial charge in [-0.3, -0.25) is 4.79 Å². The van der Waals surface area contributed by atoms with Crippen LogP contribution in [0.3, 0.4) is 0 Å². The van der Waals surface area contributed by atoms with Gasteiger partial charge in [0.25, 0.3) is 5.91 Å². The van der Waals surface area contributed by atoms with Crippen molar-refractivity contribution < 1.29 is 4.79 Å². The molecule has 18 heavy (non-hydrogen) atoms. The van der Waals surface area contributed by atoms with Crippen LogP contribution < -0.4 is 0 Å². The molecule has 0 bridgehead atoms. The maximum Gasteiger partial charge on any atom is 0.253 e. The first-order chi connectivity index (χ1) is 8.56. The Kier molecular flexibility index (Phi) is 4.48. The van der Waals surface area contributed by atoms with Crippen LogP contribution in [0.25, 0.3) is 0 Å². The van der Waals surface area contributed by atoms with E-state index in [1.54, 1.807) is 28.4 Å². The number of nitrogens with zero attached hydrogens (tertiary/aromatic N) is 1. The summed E-state index contributed by atoms with van der Waals surface area (Å²) in [5, 5.41) is 2.02. The second-order valence-corrected chi connectivity index (χ2v) is 6.37. The van der Waals surface area contributed by atoms with Gasteiger partial charge in [0.1, 0.15) is 0 Å². The first-order valence-corrected chi connectivity index (χ1v) is 7.45. The summed E-state index contributed by atoms with van der Waals surface area (Å²) in [6.07, 6.45) is 0. The molecule has 5 heteroatoms. The molecule has 1 amide bonds. The summed E-state index contributed by atoms with van der Waals surface area (Å²) in [7, 11) is 1.81. The molecule has 0 N–H and O–H groups in total. The Morgan fingerprint density at radius 2 is 2.06 bits per heavy atom. The Balaban J connectivity index is 2.07. The number of hydrogen-bond acceptors (Lipinski definition) is 3. The maximum absolute atomic E-state index is 12.2. The SMILES string of the molecule is CN(Cc1cc(Br)cs1)C(=O)c1ccc(S)cc1. The Morgan fingerprint density at radius 1 is 1.39 bits per heavy atom. The van der Waals surface area contributed by atoms with Gasteiger partial charge < -0.3 is 4.90 Å². The zero-order chi connectivity index (χ0) is 13.1. The highest BCUT2D eigenvalue weighted by molar-refractivity contribution is 9.10. The quantitative estimate of drug-likeness (QED) is 0.834. The predicted molar refractivity (Wildman–Crippen MR) is 81.5 cm³/mol. The fraction of sp³-hybridized carbons (Fsp3) is 0.154. The normalized spacial score (nSPS) is 10.4. The van der Waals surface area contributed by atoms with Crippen LogP contribution in [0.4, 0.5) is 0 Å². The third kappa shape index (κ3) is 3.37. The molecule has 0 spiro atoms. The summed E-state index contributed by atoms with van der Waals surface area (Å²) in [5.41, 5.74) is 0.686. The molecular weight excluding hydrogens is 330 g/mol. The number of hydrogen-bond donors (Lipinski definition) is 1. The minimum Gasteiger partial charge on any atom is -0.337 e. The lowest BCUT2D eigenvalue weighted by molar-refractivity contribution is 0.0786. The lowest BCUT2D eigenvalue weighted by Crippen LogP contribution is -2.25. The van der Waals surface area contributed by atoms with Crippen LogP contribution in [0.1, 0.15) is 15.2 Å². The van der Waals surface area contributed by atoms with E-state index in [0.29, 0.717) is 12.1 Å². The van der Waals surface area contributed by atoms with Gasteiger partial charge in [0.2, 0.25) is 0 Å². The monoisotopic (exact) mass is 341 g/mol. The molecule has 0 aliphatic heterocycles. The summed E-state index contributed by atoms with van der Waals surface area (Å²) in [6.45, 7) is 0.623. The van der Waals surface area contributed by atoms with E-state index in [1.807, 2.05) is 30.6 Å². The van der Waals surface area contributed by atoms with Crippen LogP contribution >= 0.6 is 39.9 Å². The van der Waals surface area contributed by atoms with Crippen LogP contribution in [-0.4, -0.2) is 17.9 Å². The first kappa shape index (κ1) is 13.6. The lowest BCUT2D eigenvalue weighted by Gasteiger charge is -2.16. The molecule has 0 fully saturated rings. The van der Waals surface area contributed by atoms with Crippen LogP contribution in [0.5, 0.6) is 0 Å². The maximum atomic E-state index is 12.2. The van der Waals surface area contributed by atoms with Crippen molar-refractivity contribution in [3.63, 3.8) is 0 Å². The number of carbonyl (C=O) groups is 1. The molecule has 2 aromatic rings. The number of carbonyl (C=O) groups excluding carboxylic acids is 1. The molecule has 0 saturated carbocycles. The molecule has 0 aliphatic rings. The fourth-order valence-corrected chi connectivity index (χ4v) is 3.22. The van der Waals surface area contributed by atoms with Crippen molar-refractivity contribution in [1.29, 1.82) is 0 Å². The Bertz CT molecular complexity index is 550. The van der Waals surface area contributed by atoms with E-state index in [9.17, 15) is 4.79 Å². The highest BCUT2D eigenvalue weighted by atomic mass is 79.9. The Morgan fingerprint density at radius 3 is 2.61 bits per heavy atom. The molecule has 0 radical (unpaired) electrons. The second kappa shape index (κ2) is 5.91. The van der Waals surface area contributed by atoms with Gasteiger partial charge in [0.05, 0.1) is 6.54 Å². The number of halogens is 1. The summed E-state index contributed by atoms with van der Waals surface area (Å²) >= 11 is 9.26. The zero-order valence-electron chi connectivity index (χ0n) is 9.76. The van der Waals surface area contributed by atoms with E-state index in [0.717, 1.165) is 14.2 Å². The number of rotatable bonds is 3. The summed E-state index contributed by atoms with van der Waals surface area (Å²) in [4.78, 5) is 15.9. The van der Waals surface area contributed by atoms with Gasteiger partial charge >= 0.3 is 0 Å². The molecule has 2 nitrogen and oxygen atoms in total. The van der Waals surface area contributed by atoms with Gasteiger partial charge in [-0.15, -0.1) is 24.0 Å².